The van der Waals surface area contributed by atoms with Crippen molar-refractivity contribution in [2.45, 2.75) is 13.8 Å². The van der Waals surface area contributed by atoms with Crippen molar-refractivity contribution >= 4 is 44.7 Å². The van der Waals surface area contributed by atoms with Gasteiger partial charge in [-0.25, -0.2) is 4.98 Å². The van der Waals surface area contributed by atoms with Gasteiger partial charge in [0, 0.05) is 18.6 Å². The lowest BCUT2D eigenvalue weighted by molar-refractivity contribution is 0.103. The Kier molecular flexibility index (Phi) is 3.92. The van der Waals surface area contributed by atoms with Gasteiger partial charge in [0.1, 0.15) is 4.88 Å². The van der Waals surface area contributed by atoms with Crippen LogP contribution in [0.3, 0.4) is 0 Å². The maximum atomic E-state index is 12.7. The number of carbonyl (C=O) groups excluding carboxylic acids is 1. The van der Waals surface area contributed by atoms with Gasteiger partial charge in [0.25, 0.3) is 5.91 Å². The van der Waals surface area contributed by atoms with Gasteiger partial charge in [-0.05, 0) is 25.5 Å². The SMILES string of the molecule is Cc1ccc2[nH]ncc2c1NC(=O)c1cnc(Nc2cn(C)nc2C)s1. The lowest BCUT2D eigenvalue weighted by Crippen LogP contribution is -2.11. The Balaban J connectivity index is 1.55. The maximum absolute atomic E-state index is 12.7. The number of H-pyrrole nitrogens is 1. The van der Waals surface area contributed by atoms with Gasteiger partial charge in [0.2, 0.25) is 0 Å². The van der Waals surface area contributed by atoms with Crippen molar-refractivity contribution < 1.29 is 4.79 Å². The number of aryl methyl sites for hydroxylation is 3. The molecule has 26 heavy (non-hydrogen) atoms. The van der Waals surface area contributed by atoms with E-state index in [1.165, 1.54) is 11.3 Å². The number of amides is 1. The molecule has 0 atom stereocenters. The molecule has 0 saturated carbocycles. The number of aromatic amines is 1. The van der Waals surface area contributed by atoms with E-state index in [2.05, 4.69) is 30.9 Å². The van der Waals surface area contributed by atoms with Crippen LogP contribution in [0, 0.1) is 13.8 Å². The zero-order valence-electron chi connectivity index (χ0n) is 14.5. The van der Waals surface area contributed by atoms with E-state index >= 15 is 0 Å². The van der Waals surface area contributed by atoms with Crippen LogP contribution in [0.4, 0.5) is 16.5 Å². The van der Waals surface area contributed by atoms with Crippen molar-refractivity contribution in [3.05, 3.63) is 46.9 Å². The summed E-state index contributed by atoms with van der Waals surface area (Å²) in [5.74, 6) is -0.199. The average Bonchev–Trinajstić information content (AvgIpc) is 3.31. The van der Waals surface area contributed by atoms with E-state index in [0.717, 1.165) is 33.5 Å². The highest BCUT2D eigenvalue weighted by Crippen LogP contribution is 2.28. The van der Waals surface area contributed by atoms with E-state index in [4.69, 9.17) is 0 Å². The third-order valence-corrected chi connectivity index (χ3v) is 4.97. The van der Waals surface area contributed by atoms with Gasteiger partial charge in [0.15, 0.2) is 5.13 Å². The molecule has 0 aliphatic rings. The predicted octanol–water partition coefficient (Wildman–Crippen LogP) is 3.37. The highest BCUT2D eigenvalue weighted by molar-refractivity contribution is 7.17. The second-order valence-corrected chi connectivity index (χ2v) is 7.03. The summed E-state index contributed by atoms with van der Waals surface area (Å²) < 4.78 is 1.73. The monoisotopic (exact) mass is 367 g/mol. The van der Waals surface area contributed by atoms with Crippen LogP contribution in [0.5, 0.6) is 0 Å². The standard InChI is InChI=1S/C17H17N7OS/c1-9-4-5-12-11(6-19-22-12)15(9)21-16(25)14-7-18-17(26-14)20-13-8-24(3)23-10(13)2/h4-8H,1-3H3,(H,18,20)(H,19,22)(H,21,25). The van der Waals surface area contributed by atoms with Crippen molar-refractivity contribution in [1.29, 1.82) is 0 Å². The number of thiazole rings is 1. The lowest BCUT2D eigenvalue weighted by Gasteiger charge is -2.08. The maximum Gasteiger partial charge on any atom is 0.267 e. The van der Waals surface area contributed by atoms with Crippen LogP contribution < -0.4 is 10.6 Å². The topological polar surface area (TPSA) is 101 Å². The van der Waals surface area contributed by atoms with E-state index in [0.29, 0.717) is 10.0 Å². The zero-order chi connectivity index (χ0) is 18.3. The molecule has 1 aromatic carbocycles. The number of hydrogen-bond acceptors (Lipinski definition) is 6. The summed E-state index contributed by atoms with van der Waals surface area (Å²) in [5, 5.41) is 18.9. The van der Waals surface area contributed by atoms with Crippen molar-refractivity contribution in [2.75, 3.05) is 10.6 Å². The molecule has 4 aromatic rings. The van der Waals surface area contributed by atoms with Crippen LogP contribution in [-0.2, 0) is 7.05 Å². The van der Waals surface area contributed by atoms with Gasteiger partial charge in [-0.1, -0.05) is 17.4 Å². The molecule has 1 amide bonds. The Morgan fingerprint density at radius 2 is 2.12 bits per heavy atom. The molecule has 4 rings (SSSR count). The van der Waals surface area contributed by atoms with Crippen LogP contribution in [0.2, 0.25) is 0 Å². The fourth-order valence-corrected chi connectivity index (χ4v) is 3.47. The molecular formula is C17H17N7OS. The van der Waals surface area contributed by atoms with Gasteiger partial charge >= 0.3 is 0 Å². The van der Waals surface area contributed by atoms with Crippen molar-refractivity contribution in [3.63, 3.8) is 0 Å². The predicted molar refractivity (Wildman–Crippen MR) is 102 cm³/mol. The minimum Gasteiger partial charge on any atom is -0.329 e. The van der Waals surface area contributed by atoms with Crippen molar-refractivity contribution in [2.24, 2.45) is 7.05 Å². The minimum absolute atomic E-state index is 0.199. The van der Waals surface area contributed by atoms with Gasteiger partial charge in [-0.2, -0.15) is 10.2 Å². The average molecular weight is 367 g/mol. The number of aromatic nitrogens is 5. The number of benzene rings is 1. The Labute approximate surface area is 153 Å². The molecule has 0 spiro atoms. The molecule has 3 N–H and O–H groups in total. The number of rotatable bonds is 4. The summed E-state index contributed by atoms with van der Waals surface area (Å²) in [6.07, 6.45) is 5.15. The molecule has 0 saturated heterocycles. The molecule has 3 aromatic heterocycles. The molecule has 0 fully saturated rings. The number of carbonyl (C=O) groups is 1. The van der Waals surface area contributed by atoms with E-state index in [-0.39, 0.29) is 5.91 Å². The third-order valence-electron chi connectivity index (χ3n) is 4.06. The van der Waals surface area contributed by atoms with Gasteiger partial charge < -0.3 is 10.6 Å². The fraction of sp³-hybridized carbons (Fsp3) is 0.176. The van der Waals surface area contributed by atoms with Crippen LogP contribution in [0.15, 0.2) is 30.7 Å². The molecule has 9 heteroatoms. The molecule has 0 radical (unpaired) electrons. The number of anilines is 3. The summed E-state index contributed by atoms with van der Waals surface area (Å²) in [4.78, 5) is 17.5. The molecule has 0 bridgehead atoms. The first-order valence-corrected chi connectivity index (χ1v) is 8.80. The summed E-state index contributed by atoms with van der Waals surface area (Å²) in [7, 11) is 1.86. The summed E-state index contributed by atoms with van der Waals surface area (Å²) in [6.45, 7) is 3.87. The highest BCUT2D eigenvalue weighted by atomic mass is 32.1. The van der Waals surface area contributed by atoms with Gasteiger partial charge in [-0.15, -0.1) is 0 Å². The van der Waals surface area contributed by atoms with Crippen LogP contribution in [-0.4, -0.2) is 30.9 Å². The molecule has 0 aliphatic heterocycles. The van der Waals surface area contributed by atoms with Crippen LogP contribution >= 0.6 is 11.3 Å². The fourth-order valence-electron chi connectivity index (χ4n) is 2.74. The number of nitrogens with one attached hydrogen (secondary N) is 3. The zero-order valence-corrected chi connectivity index (χ0v) is 15.3. The smallest absolute Gasteiger partial charge is 0.267 e. The molecular weight excluding hydrogens is 350 g/mol. The first-order valence-electron chi connectivity index (χ1n) is 7.98. The van der Waals surface area contributed by atoms with Gasteiger partial charge in [0.05, 0.1) is 35.0 Å². The van der Waals surface area contributed by atoms with Crippen molar-refractivity contribution in [3.8, 4) is 0 Å². The Bertz CT molecular complexity index is 1110. The Morgan fingerprint density at radius 3 is 2.88 bits per heavy atom. The van der Waals surface area contributed by atoms with Crippen LogP contribution in [0.1, 0.15) is 20.9 Å². The number of hydrogen-bond donors (Lipinski definition) is 3. The number of fused-ring (bicyclic) bond motifs is 1. The second-order valence-electron chi connectivity index (χ2n) is 6.00. The molecule has 0 aliphatic carbocycles. The lowest BCUT2D eigenvalue weighted by atomic mass is 10.1. The molecule has 3 heterocycles. The summed E-state index contributed by atoms with van der Waals surface area (Å²) in [5.41, 5.74) is 4.35. The Morgan fingerprint density at radius 1 is 1.27 bits per heavy atom. The third kappa shape index (κ3) is 2.93. The quantitative estimate of drug-likeness (QED) is 0.513. The summed E-state index contributed by atoms with van der Waals surface area (Å²) in [6, 6.07) is 3.89. The van der Waals surface area contributed by atoms with E-state index in [9.17, 15) is 4.79 Å². The first kappa shape index (κ1) is 16.3. The molecule has 8 nitrogen and oxygen atoms in total. The van der Waals surface area contributed by atoms with E-state index in [1.807, 2.05) is 39.2 Å². The van der Waals surface area contributed by atoms with Crippen molar-refractivity contribution in [1.82, 2.24) is 25.0 Å². The number of nitrogens with zero attached hydrogens (tertiary/aromatic N) is 4. The normalized spacial score (nSPS) is 11.0. The Hall–Kier alpha value is -3.20. The van der Waals surface area contributed by atoms with E-state index < -0.39 is 0 Å². The first-order chi connectivity index (χ1) is 12.5. The highest BCUT2D eigenvalue weighted by Gasteiger charge is 2.15. The van der Waals surface area contributed by atoms with Crippen LogP contribution in [0.25, 0.3) is 10.9 Å². The summed E-state index contributed by atoms with van der Waals surface area (Å²) >= 11 is 1.29. The molecule has 132 valence electrons. The van der Waals surface area contributed by atoms with Gasteiger partial charge in [-0.3, -0.25) is 14.6 Å². The second kappa shape index (κ2) is 6.26. The molecule has 0 unspecified atom stereocenters. The minimum atomic E-state index is -0.199. The van der Waals surface area contributed by atoms with E-state index in [1.54, 1.807) is 17.1 Å². The largest absolute Gasteiger partial charge is 0.329 e.